The fourth-order valence-electron chi connectivity index (χ4n) is 4.46. The number of rotatable bonds is 14. The van der Waals surface area contributed by atoms with Crippen LogP contribution in [0.1, 0.15) is 47.2 Å². The molecule has 0 heterocycles. The maximum Gasteiger partial charge on any atom is 0.254 e. The third-order valence-electron chi connectivity index (χ3n) is 6.61. The van der Waals surface area contributed by atoms with Crippen LogP contribution < -0.4 is 4.74 Å². The van der Waals surface area contributed by atoms with Gasteiger partial charge in [-0.25, -0.2) is 0 Å². The molecule has 0 unspecified atom stereocenters. The highest BCUT2D eigenvalue weighted by atomic mass is 16.5. The Morgan fingerprint density at radius 1 is 0.667 bits per heavy atom. The number of aliphatic hydroxyl groups excluding tert-OH is 1. The number of benzene rings is 4. The molecule has 0 aliphatic carbocycles. The summed E-state index contributed by atoms with van der Waals surface area (Å²) in [7, 11) is 0. The molecule has 4 aromatic carbocycles. The van der Waals surface area contributed by atoms with Gasteiger partial charge in [0.15, 0.2) is 5.78 Å². The van der Waals surface area contributed by atoms with Crippen LogP contribution in [-0.2, 0) is 17.9 Å². The van der Waals surface area contributed by atoms with E-state index in [0.717, 1.165) is 47.3 Å². The predicted molar refractivity (Wildman–Crippen MR) is 154 cm³/mol. The normalized spacial score (nSPS) is 10.7. The summed E-state index contributed by atoms with van der Waals surface area (Å²) in [5.74, 6) is 0.593. The van der Waals surface area contributed by atoms with Crippen LogP contribution in [0.4, 0.5) is 0 Å². The highest BCUT2D eigenvalue weighted by Gasteiger charge is 2.19. The zero-order valence-corrected chi connectivity index (χ0v) is 22.2. The molecule has 39 heavy (non-hydrogen) atoms. The zero-order valence-electron chi connectivity index (χ0n) is 22.2. The first-order valence-electron chi connectivity index (χ1n) is 13.5. The number of para-hydroxylation sites is 1. The van der Waals surface area contributed by atoms with E-state index in [0.29, 0.717) is 31.7 Å². The molecule has 4 rings (SSSR count). The van der Waals surface area contributed by atoms with E-state index in [4.69, 9.17) is 9.84 Å². The smallest absolute Gasteiger partial charge is 0.254 e. The van der Waals surface area contributed by atoms with Gasteiger partial charge in [-0.3, -0.25) is 9.59 Å². The van der Waals surface area contributed by atoms with Crippen molar-refractivity contribution in [3.63, 3.8) is 0 Å². The van der Waals surface area contributed by atoms with Crippen LogP contribution in [0.25, 0.3) is 11.1 Å². The molecule has 0 atom stereocenters. The molecule has 0 radical (unpaired) electrons. The van der Waals surface area contributed by atoms with Crippen molar-refractivity contribution in [3.05, 3.63) is 126 Å². The maximum atomic E-state index is 13.8. The van der Waals surface area contributed by atoms with Crippen molar-refractivity contribution in [2.45, 2.75) is 38.8 Å². The van der Waals surface area contributed by atoms with Crippen LogP contribution in [0.3, 0.4) is 0 Å². The Balaban J connectivity index is 1.46. The van der Waals surface area contributed by atoms with Gasteiger partial charge in [-0.15, -0.1) is 0 Å². The van der Waals surface area contributed by atoms with E-state index < -0.39 is 0 Å². The number of ether oxygens (including phenoxy) is 1. The SMILES string of the molecule is O=C(CO)CCCCCOc1ccccc1CN(Cc1ccccc1)C(=O)c1ccc(-c2ccccc2)cc1. The molecule has 5 nitrogen and oxygen atoms in total. The molecule has 0 spiro atoms. The molecule has 1 amide bonds. The number of nitrogens with zero attached hydrogens (tertiary/aromatic N) is 1. The molecule has 5 heteroatoms. The number of ketones is 1. The molecule has 4 aromatic rings. The zero-order chi connectivity index (χ0) is 27.3. The van der Waals surface area contributed by atoms with Gasteiger partial charge in [-0.1, -0.05) is 91.0 Å². The summed E-state index contributed by atoms with van der Waals surface area (Å²) in [5.41, 5.74) is 4.83. The molecular weight excluding hydrogens is 486 g/mol. The van der Waals surface area contributed by atoms with E-state index >= 15 is 0 Å². The maximum absolute atomic E-state index is 13.8. The van der Waals surface area contributed by atoms with Crippen LogP contribution >= 0.6 is 0 Å². The molecule has 0 fully saturated rings. The first-order valence-corrected chi connectivity index (χ1v) is 13.5. The molecule has 0 saturated heterocycles. The Bertz CT molecular complexity index is 1320. The van der Waals surface area contributed by atoms with Crippen LogP contribution in [0.2, 0.25) is 0 Å². The second-order valence-electron chi connectivity index (χ2n) is 9.55. The van der Waals surface area contributed by atoms with Gasteiger partial charge in [0.25, 0.3) is 5.91 Å². The lowest BCUT2D eigenvalue weighted by Gasteiger charge is -2.24. The summed E-state index contributed by atoms with van der Waals surface area (Å²) in [5, 5.41) is 8.85. The van der Waals surface area contributed by atoms with E-state index in [1.54, 1.807) is 0 Å². The topological polar surface area (TPSA) is 66.8 Å². The van der Waals surface area contributed by atoms with Crippen LogP contribution in [0, 0.1) is 0 Å². The number of hydrogen-bond donors (Lipinski definition) is 1. The minimum atomic E-state index is -0.390. The monoisotopic (exact) mass is 521 g/mol. The molecule has 1 N–H and O–H groups in total. The summed E-state index contributed by atoms with van der Waals surface area (Å²) in [6, 6.07) is 35.7. The van der Waals surface area contributed by atoms with Gasteiger partial charge in [0, 0.05) is 30.6 Å². The Hall–Kier alpha value is -4.22. The van der Waals surface area contributed by atoms with Crippen molar-refractivity contribution in [1.82, 2.24) is 4.90 Å². The summed E-state index contributed by atoms with van der Waals surface area (Å²) in [6.07, 6.45) is 2.81. The Morgan fingerprint density at radius 3 is 2.03 bits per heavy atom. The molecule has 0 bridgehead atoms. The van der Waals surface area contributed by atoms with E-state index in [-0.39, 0.29) is 18.3 Å². The third kappa shape index (κ3) is 8.39. The number of aliphatic hydroxyl groups is 1. The lowest BCUT2D eigenvalue weighted by Crippen LogP contribution is -2.30. The number of amides is 1. The molecule has 200 valence electrons. The molecule has 0 aromatic heterocycles. The summed E-state index contributed by atoms with van der Waals surface area (Å²) < 4.78 is 6.10. The Kier molecular flexibility index (Phi) is 10.4. The lowest BCUT2D eigenvalue weighted by molar-refractivity contribution is -0.121. The first-order chi connectivity index (χ1) is 19.1. The van der Waals surface area contributed by atoms with Gasteiger partial charge in [0.05, 0.1) is 6.61 Å². The van der Waals surface area contributed by atoms with Gasteiger partial charge in [0.2, 0.25) is 0 Å². The van der Waals surface area contributed by atoms with E-state index in [1.165, 1.54) is 0 Å². The number of hydrogen-bond acceptors (Lipinski definition) is 4. The van der Waals surface area contributed by atoms with Crippen LogP contribution in [0.15, 0.2) is 109 Å². The van der Waals surface area contributed by atoms with Gasteiger partial charge in [-0.05, 0) is 54.2 Å². The molecule has 0 saturated carbocycles. The van der Waals surface area contributed by atoms with Crippen molar-refractivity contribution in [2.75, 3.05) is 13.2 Å². The van der Waals surface area contributed by atoms with Crippen LogP contribution in [-0.4, -0.2) is 34.9 Å². The number of carbonyl (C=O) groups excluding carboxylic acids is 2. The fourth-order valence-corrected chi connectivity index (χ4v) is 4.46. The second kappa shape index (κ2) is 14.6. The summed E-state index contributed by atoms with van der Waals surface area (Å²) in [6.45, 7) is 1.03. The van der Waals surface area contributed by atoms with Crippen molar-refractivity contribution in [1.29, 1.82) is 0 Å². The van der Waals surface area contributed by atoms with Crippen molar-refractivity contribution in [2.24, 2.45) is 0 Å². The van der Waals surface area contributed by atoms with Gasteiger partial charge >= 0.3 is 0 Å². The Morgan fingerprint density at radius 2 is 1.31 bits per heavy atom. The fraction of sp³-hybridized carbons (Fsp3) is 0.235. The first kappa shape index (κ1) is 27.8. The predicted octanol–water partition coefficient (Wildman–Crippen LogP) is 6.70. The van der Waals surface area contributed by atoms with E-state index in [9.17, 15) is 9.59 Å². The van der Waals surface area contributed by atoms with Crippen molar-refractivity contribution < 1.29 is 19.4 Å². The van der Waals surface area contributed by atoms with Gasteiger partial charge < -0.3 is 14.7 Å². The number of Topliss-reactive ketones (excluding diaryl/α,β-unsaturated/α-hetero) is 1. The average molecular weight is 522 g/mol. The highest BCUT2D eigenvalue weighted by molar-refractivity contribution is 5.94. The van der Waals surface area contributed by atoms with Crippen molar-refractivity contribution in [3.8, 4) is 16.9 Å². The second-order valence-corrected chi connectivity index (χ2v) is 9.55. The highest BCUT2D eigenvalue weighted by Crippen LogP contribution is 2.24. The van der Waals surface area contributed by atoms with E-state index in [2.05, 4.69) is 12.1 Å². The minimum Gasteiger partial charge on any atom is -0.493 e. The number of carbonyl (C=O) groups is 2. The average Bonchev–Trinajstić information content (AvgIpc) is 2.99. The number of unbranched alkanes of at least 4 members (excludes halogenated alkanes) is 2. The van der Waals surface area contributed by atoms with Crippen molar-refractivity contribution >= 4 is 11.7 Å². The quantitative estimate of drug-likeness (QED) is 0.188. The standard InChI is InChI=1S/C34H35NO4/c36-26-32(37)17-8-3-11-23-39-33-18-10-9-16-31(33)25-35(24-27-12-4-1-5-13-27)34(38)30-21-19-29(20-22-30)28-14-6-2-7-15-28/h1-2,4-7,9-10,12-16,18-22,36H,3,8,11,17,23-26H2. The lowest BCUT2D eigenvalue weighted by atomic mass is 10.0. The van der Waals surface area contributed by atoms with Gasteiger partial charge in [0.1, 0.15) is 12.4 Å². The molecule has 0 aliphatic heterocycles. The Labute approximate surface area is 230 Å². The largest absolute Gasteiger partial charge is 0.493 e. The minimum absolute atomic E-state index is 0.0400. The molecule has 0 aliphatic rings. The molecular formula is C34H35NO4. The summed E-state index contributed by atoms with van der Waals surface area (Å²) in [4.78, 5) is 26.9. The summed E-state index contributed by atoms with van der Waals surface area (Å²) >= 11 is 0. The van der Waals surface area contributed by atoms with Crippen LogP contribution in [0.5, 0.6) is 5.75 Å². The van der Waals surface area contributed by atoms with Gasteiger partial charge in [-0.2, -0.15) is 0 Å². The van der Waals surface area contributed by atoms with E-state index in [1.807, 2.05) is 102 Å². The third-order valence-corrected chi connectivity index (χ3v) is 6.61.